The largest absolute Gasteiger partial charge is 0.312 e. The molecule has 1 heterocycles. The maximum absolute atomic E-state index is 7.09. The fourth-order valence-corrected chi connectivity index (χ4v) is 8.40. The lowest BCUT2D eigenvalue weighted by molar-refractivity contribution is 1.60. The maximum atomic E-state index is 7.09. The van der Waals surface area contributed by atoms with Gasteiger partial charge in [0.1, 0.15) is 0 Å². The summed E-state index contributed by atoms with van der Waals surface area (Å²) in [5.41, 5.74) is 7.00. The number of rotatable bonds is 2. The van der Waals surface area contributed by atoms with Gasteiger partial charge in [0.25, 0.3) is 0 Å². The van der Waals surface area contributed by atoms with E-state index in [1.807, 2.05) is 18.2 Å². The van der Waals surface area contributed by atoms with Crippen molar-refractivity contribution >= 4 is 39.2 Å². The summed E-state index contributed by atoms with van der Waals surface area (Å²) in [7, 11) is 0. The van der Waals surface area contributed by atoms with Crippen LogP contribution in [-0.2, 0) is 0 Å². The van der Waals surface area contributed by atoms with Gasteiger partial charge >= 0.3 is 6.69 Å². The van der Waals surface area contributed by atoms with Crippen LogP contribution in [0.25, 0.3) is 33.4 Å². The summed E-state index contributed by atoms with van der Waals surface area (Å²) < 4.78 is 0. The standard InChI is InChI=1S/C24H16Cl2Si/c25-27(26)23-14-8-7-13-20(23)22-16-19(17-9-3-1-4-10-17)15-21(24(22)27)18-11-5-2-6-12-18/h1-16H. The molecular formula is C24H16Cl2Si. The second kappa shape index (κ2) is 6.38. The Hall–Kier alpha value is -2.32. The fourth-order valence-electron chi connectivity index (χ4n) is 3.96. The molecule has 0 saturated carbocycles. The number of halogens is 2. The summed E-state index contributed by atoms with van der Waals surface area (Å²) in [5, 5.41) is 2.20. The van der Waals surface area contributed by atoms with Gasteiger partial charge in [0.2, 0.25) is 0 Å². The van der Waals surface area contributed by atoms with Gasteiger partial charge in [-0.25, -0.2) is 0 Å². The van der Waals surface area contributed by atoms with Crippen molar-refractivity contribution in [1.29, 1.82) is 0 Å². The van der Waals surface area contributed by atoms with Crippen molar-refractivity contribution in [3.63, 3.8) is 0 Å². The third kappa shape index (κ3) is 2.66. The van der Waals surface area contributed by atoms with Gasteiger partial charge in [0.15, 0.2) is 0 Å². The highest BCUT2D eigenvalue weighted by molar-refractivity contribution is 7.57. The molecule has 0 fully saturated rings. The van der Waals surface area contributed by atoms with Gasteiger partial charge < -0.3 is 0 Å². The highest BCUT2D eigenvalue weighted by Gasteiger charge is 2.45. The van der Waals surface area contributed by atoms with E-state index in [1.165, 1.54) is 22.3 Å². The first-order valence-electron chi connectivity index (χ1n) is 8.93. The zero-order valence-electron chi connectivity index (χ0n) is 14.5. The van der Waals surface area contributed by atoms with Crippen molar-refractivity contribution in [2.24, 2.45) is 0 Å². The lowest BCUT2D eigenvalue weighted by Crippen LogP contribution is -2.45. The van der Waals surface area contributed by atoms with Gasteiger partial charge in [-0.05, 0) is 55.9 Å². The molecular weight excluding hydrogens is 387 g/mol. The van der Waals surface area contributed by atoms with Crippen LogP contribution in [0.5, 0.6) is 0 Å². The Morgan fingerprint density at radius 2 is 1.04 bits per heavy atom. The lowest BCUT2D eigenvalue weighted by Gasteiger charge is -2.18. The molecule has 0 unspecified atom stereocenters. The summed E-state index contributed by atoms with van der Waals surface area (Å²) in [5.74, 6) is 0. The summed E-state index contributed by atoms with van der Waals surface area (Å²) in [6.07, 6.45) is 0. The third-order valence-electron chi connectivity index (χ3n) is 5.20. The first kappa shape index (κ1) is 16.8. The van der Waals surface area contributed by atoms with Gasteiger partial charge in [-0.15, -0.1) is 22.2 Å². The van der Waals surface area contributed by atoms with E-state index in [-0.39, 0.29) is 0 Å². The molecule has 5 rings (SSSR count). The minimum atomic E-state index is -2.79. The molecule has 0 amide bonds. The number of hydrogen-bond donors (Lipinski definition) is 0. The third-order valence-corrected chi connectivity index (χ3v) is 9.83. The van der Waals surface area contributed by atoms with Crippen molar-refractivity contribution in [3.05, 3.63) is 97.1 Å². The van der Waals surface area contributed by atoms with Crippen molar-refractivity contribution in [1.82, 2.24) is 0 Å². The van der Waals surface area contributed by atoms with Gasteiger partial charge in [0.05, 0.1) is 0 Å². The summed E-state index contributed by atoms with van der Waals surface area (Å²) >= 11 is 14.2. The summed E-state index contributed by atoms with van der Waals surface area (Å²) in [6, 6.07) is 33.7. The molecule has 0 N–H and O–H groups in total. The Morgan fingerprint density at radius 1 is 0.481 bits per heavy atom. The van der Waals surface area contributed by atoms with E-state index in [0.29, 0.717) is 0 Å². The molecule has 27 heavy (non-hydrogen) atoms. The topological polar surface area (TPSA) is 0 Å². The van der Waals surface area contributed by atoms with Gasteiger partial charge in [-0.3, -0.25) is 0 Å². The Balaban J connectivity index is 1.87. The smallest absolute Gasteiger partial charge is 0.134 e. The molecule has 1 aliphatic heterocycles. The summed E-state index contributed by atoms with van der Waals surface area (Å²) in [4.78, 5) is 0. The molecule has 3 heteroatoms. The van der Waals surface area contributed by atoms with Gasteiger partial charge in [0, 0.05) is 0 Å². The van der Waals surface area contributed by atoms with Crippen molar-refractivity contribution in [3.8, 4) is 33.4 Å². The van der Waals surface area contributed by atoms with E-state index < -0.39 is 6.69 Å². The van der Waals surface area contributed by atoms with Crippen molar-refractivity contribution in [2.45, 2.75) is 0 Å². The van der Waals surface area contributed by atoms with E-state index in [2.05, 4.69) is 78.9 Å². The van der Waals surface area contributed by atoms with Crippen LogP contribution in [0.2, 0.25) is 0 Å². The number of benzene rings is 4. The molecule has 0 saturated heterocycles. The maximum Gasteiger partial charge on any atom is 0.312 e. The van der Waals surface area contributed by atoms with Crippen molar-refractivity contribution in [2.75, 3.05) is 0 Å². The summed E-state index contributed by atoms with van der Waals surface area (Å²) in [6.45, 7) is -2.79. The molecule has 0 atom stereocenters. The van der Waals surface area contributed by atoms with E-state index >= 15 is 0 Å². The van der Waals surface area contributed by atoms with E-state index in [1.54, 1.807) is 0 Å². The average Bonchev–Trinajstić information content (AvgIpc) is 2.96. The number of hydrogen-bond acceptors (Lipinski definition) is 0. The molecule has 0 aliphatic carbocycles. The van der Waals surface area contributed by atoms with E-state index in [4.69, 9.17) is 22.2 Å². The van der Waals surface area contributed by atoms with E-state index in [9.17, 15) is 0 Å². The minimum absolute atomic E-state index is 1.09. The Bertz CT molecular complexity index is 1140. The molecule has 4 aromatic carbocycles. The SMILES string of the molecule is Cl[Si]1(Cl)c2ccccc2-c2cc(-c3ccccc3)cc(-c3ccccc3)c21. The Kier molecular flexibility index (Phi) is 3.98. The highest BCUT2D eigenvalue weighted by atomic mass is 35.7. The predicted octanol–water partition coefficient (Wildman–Crippen LogP) is 6.04. The van der Waals surface area contributed by atoms with Crippen LogP contribution in [0.3, 0.4) is 0 Å². The second-order valence-corrected chi connectivity index (χ2v) is 13.0. The molecule has 0 bridgehead atoms. The van der Waals surface area contributed by atoms with Crippen LogP contribution in [-0.4, -0.2) is 6.69 Å². The first-order chi connectivity index (χ1) is 13.2. The second-order valence-electron chi connectivity index (χ2n) is 6.80. The monoisotopic (exact) mass is 402 g/mol. The van der Waals surface area contributed by atoms with Crippen LogP contribution in [0.1, 0.15) is 0 Å². The highest BCUT2D eigenvalue weighted by Crippen LogP contribution is 2.39. The molecule has 0 radical (unpaired) electrons. The first-order valence-corrected chi connectivity index (χ1v) is 13.0. The predicted molar refractivity (Wildman–Crippen MR) is 119 cm³/mol. The normalized spacial score (nSPS) is 13.9. The van der Waals surface area contributed by atoms with Crippen LogP contribution < -0.4 is 10.4 Å². The quantitative estimate of drug-likeness (QED) is 0.283. The average molecular weight is 403 g/mol. The molecule has 4 aromatic rings. The van der Waals surface area contributed by atoms with Gasteiger partial charge in [-0.1, -0.05) is 84.9 Å². The molecule has 0 aromatic heterocycles. The Morgan fingerprint density at radius 3 is 1.74 bits per heavy atom. The Labute approximate surface area is 169 Å². The molecule has 1 aliphatic rings. The van der Waals surface area contributed by atoms with Crippen LogP contribution >= 0.6 is 22.2 Å². The zero-order valence-corrected chi connectivity index (χ0v) is 17.0. The fraction of sp³-hybridized carbons (Fsp3) is 0. The number of fused-ring (bicyclic) bond motifs is 3. The molecule has 0 nitrogen and oxygen atoms in total. The molecule has 130 valence electrons. The van der Waals surface area contributed by atoms with Crippen LogP contribution in [0.15, 0.2) is 97.1 Å². The van der Waals surface area contributed by atoms with E-state index in [0.717, 1.165) is 21.5 Å². The van der Waals surface area contributed by atoms with Crippen molar-refractivity contribution < 1.29 is 0 Å². The van der Waals surface area contributed by atoms with Crippen LogP contribution in [0.4, 0.5) is 0 Å². The zero-order chi connectivity index (χ0) is 18.4. The van der Waals surface area contributed by atoms with Crippen LogP contribution in [0, 0.1) is 0 Å². The minimum Gasteiger partial charge on any atom is -0.134 e. The molecule has 0 spiro atoms. The van der Waals surface area contributed by atoms with Gasteiger partial charge in [-0.2, -0.15) is 0 Å². The lowest BCUT2D eigenvalue weighted by atomic mass is 9.93.